The standard InChI is InChI=1S/C29H34N4O3.ClH/c1-21(34)36-26-15-9-8-14-25(26)33-20-31-27(28(33)23-12-6-3-7-13-23)29(35)32-17-16-30-19-24(32)18-22-10-4-2-5-11-22;/h2-7,10-13,20,24-26,30H,8-9,14-19H2,1H3;1H/t24-,25+,26+;/m1./s1. The van der Waals surface area contributed by atoms with Gasteiger partial charge in [0, 0.05) is 38.2 Å². The molecule has 1 saturated carbocycles. The summed E-state index contributed by atoms with van der Waals surface area (Å²) in [5.74, 6) is -0.316. The Morgan fingerprint density at radius 1 is 1.03 bits per heavy atom. The number of carbonyl (C=O) groups excluding carboxylic acids is 2. The van der Waals surface area contributed by atoms with Gasteiger partial charge in [0.25, 0.3) is 5.91 Å². The fraction of sp³-hybridized carbons (Fsp3) is 0.414. The topological polar surface area (TPSA) is 76.5 Å². The van der Waals surface area contributed by atoms with Crippen LogP contribution in [0.2, 0.25) is 0 Å². The average Bonchev–Trinajstić information content (AvgIpc) is 3.35. The van der Waals surface area contributed by atoms with Crippen LogP contribution in [0.5, 0.6) is 0 Å². The third-order valence-electron chi connectivity index (χ3n) is 7.31. The molecule has 1 N–H and O–H groups in total. The third-order valence-corrected chi connectivity index (χ3v) is 7.31. The van der Waals surface area contributed by atoms with Crippen molar-refractivity contribution in [1.82, 2.24) is 19.8 Å². The van der Waals surface area contributed by atoms with E-state index in [-0.39, 0.29) is 42.5 Å². The molecule has 2 heterocycles. The number of esters is 1. The average molecular weight is 523 g/mol. The molecule has 0 radical (unpaired) electrons. The quantitative estimate of drug-likeness (QED) is 0.476. The predicted octanol–water partition coefficient (Wildman–Crippen LogP) is 4.68. The molecule has 8 heteroatoms. The van der Waals surface area contributed by atoms with Crippen LogP contribution in [0.3, 0.4) is 0 Å². The number of halogens is 1. The van der Waals surface area contributed by atoms with E-state index in [1.807, 2.05) is 53.4 Å². The van der Waals surface area contributed by atoms with E-state index in [0.29, 0.717) is 12.2 Å². The lowest BCUT2D eigenvalue weighted by Crippen LogP contribution is -2.54. The molecule has 3 aromatic rings. The maximum atomic E-state index is 14.1. The normalized spacial score (nSPS) is 21.6. The van der Waals surface area contributed by atoms with Crippen LogP contribution in [0, 0.1) is 0 Å². The molecule has 196 valence electrons. The predicted molar refractivity (Wildman–Crippen MR) is 146 cm³/mol. The summed E-state index contributed by atoms with van der Waals surface area (Å²) in [5, 5.41) is 3.45. The Hall–Kier alpha value is -3.16. The number of hydrogen-bond donors (Lipinski definition) is 1. The SMILES string of the molecule is CC(=O)O[C@H]1CCCC[C@@H]1n1cnc(C(=O)N2CCNC[C@H]2Cc2ccccc2)c1-c1ccccc1.Cl. The van der Waals surface area contributed by atoms with Gasteiger partial charge in [-0.15, -0.1) is 12.4 Å². The van der Waals surface area contributed by atoms with Gasteiger partial charge in [0.05, 0.1) is 18.1 Å². The van der Waals surface area contributed by atoms with Crippen molar-refractivity contribution in [2.75, 3.05) is 19.6 Å². The summed E-state index contributed by atoms with van der Waals surface area (Å²) < 4.78 is 7.81. The Labute approximate surface area is 224 Å². The van der Waals surface area contributed by atoms with Crippen molar-refractivity contribution in [3.05, 3.63) is 78.2 Å². The van der Waals surface area contributed by atoms with Crippen LogP contribution in [0.25, 0.3) is 11.3 Å². The number of rotatable bonds is 6. The minimum absolute atomic E-state index is 0. The van der Waals surface area contributed by atoms with Crippen molar-refractivity contribution in [2.24, 2.45) is 0 Å². The number of benzene rings is 2. The number of piperazine rings is 1. The second kappa shape index (κ2) is 12.4. The van der Waals surface area contributed by atoms with E-state index in [9.17, 15) is 9.59 Å². The molecule has 5 rings (SSSR count). The van der Waals surface area contributed by atoms with Crippen molar-refractivity contribution >= 4 is 24.3 Å². The van der Waals surface area contributed by atoms with Gasteiger partial charge in [-0.1, -0.05) is 67.1 Å². The first-order valence-electron chi connectivity index (χ1n) is 13.0. The van der Waals surface area contributed by atoms with E-state index in [1.165, 1.54) is 12.5 Å². The van der Waals surface area contributed by atoms with Crippen LogP contribution in [0.1, 0.15) is 54.7 Å². The Morgan fingerprint density at radius 3 is 2.46 bits per heavy atom. The Balaban J connectivity index is 0.00000320. The molecule has 3 atom stereocenters. The van der Waals surface area contributed by atoms with Crippen LogP contribution in [0.15, 0.2) is 67.0 Å². The highest BCUT2D eigenvalue weighted by molar-refractivity contribution is 5.98. The van der Waals surface area contributed by atoms with E-state index >= 15 is 0 Å². The Morgan fingerprint density at radius 2 is 1.73 bits per heavy atom. The monoisotopic (exact) mass is 522 g/mol. The number of nitrogens with zero attached hydrogens (tertiary/aromatic N) is 3. The summed E-state index contributed by atoms with van der Waals surface area (Å²) in [6, 6.07) is 20.3. The van der Waals surface area contributed by atoms with Gasteiger partial charge in [0.15, 0.2) is 5.69 Å². The highest BCUT2D eigenvalue weighted by atomic mass is 35.5. The lowest BCUT2D eigenvalue weighted by molar-refractivity contribution is -0.150. The van der Waals surface area contributed by atoms with E-state index in [4.69, 9.17) is 9.72 Å². The maximum Gasteiger partial charge on any atom is 0.302 e. The van der Waals surface area contributed by atoms with Crippen LogP contribution in [-0.4, -0.2) is 58.1 Å². The highest BCUT2D eigenvalue weighted by Gasteiger charge is 2.35. The van der Waals surface area contributed by atoms with Crippen LogP contribution >= 0.6 is 12.4 Å². The van der Waals surface area contributed by atoms with Gasteiger partial charge in [-0.25, -0.2) is 4.98 Å². The van der Waals surface area contributed by atoms with Crippen molar-refractivity contribution in [2.45, 2.75) is 57.2 Å². The number of carbonyl (C=O) groups is 2. The first-order chi connectivity index (χ1) is 17.6. The fourth-order valence-corrected chi connectivity index (χ4v) is 5.63. The van der Waals surface area contributed by atoms with E-state index in [1.54, 1.807) is 6.33 Å². The molecular formula is C29H35ClN4O3. The molecule has 2 fully saturated rings. The second-order valence-corrected chi connectivity index (χ2v) is 9.76. The van der Waals surface area contributed by atoms with E-state index in [2.05, 4.69) is 22.0 Å². The summed E-state index contributed by atoms with van der Waals surface area (Å²) in [6.07, 6.45) is 6.12. The molecule has 1 saturated heterocycles. The van der Waals surface area contributed by atoms with Gasteiger partial charge in [0.2, 0.25) is 0 Å². The molecule has 1 aromatic heterocycles. The minimum Gasteiger partial charge on any atom is -0.460 e. The van der Waals surface area contributed by atoms with Crippen molar-refractivity contribution < 1.29 is 14.3 Å². The molecule has 0 spiro atoms. The molecular weight excluding hydrogens is 488 g/mol. The molecule has 1 aliphatic carbocycles. The van der Waals surface area contributed by atoms with Gasteiger partial charge in [0.1, 0.15) is 6.10 Å². The summed E-state index contributed by atoms with van der Waals surface area (Å²) >= 11 is 0. The zero-order valence-electron chi connectivity index (χ0n) is 21.2. The summed E-state index contributed by atoms with van der Waals surface area (Å²) in [7, 11) is 0. The molecule has 7 nitrogen and oxygen atoms in total. The maximum absolute atomic E-state index is 14.1. The van der Waals surface area contributed by atoms with Crippen LogP contribution < -0.4 is 5.32 Å². The minimum atomic E-state index is -0.269. The largest absolute Gasteiger partial charge is 0.460 e. The highest BCUT2D eigenvalue weighted by Crippen LogP contribution is 2.36. The molecule has 1 amide bonds. The zero-order valence-corrected chi connectivity index (χ0v) is 22.0. The Kier molecular flexibility index (Phi) is 9.00. The molecule has 2 aromatic carbocycles. The molecule has 37 heavy (non-hydrogen) atoms. The first-order valence-corrected chi connectivity index (χ1v) is 13.0. The number of hydrogen-bond acceptors (Lipinski definition) is 5. The van der Waals surface area contributed by atoms with Crippen LogP contribution in [-0.2, 0) is 16.0 Å². The summed E-state index contributed by atoms with van der Waals surface area (Å²) in [5.41, 5.74) is 3.43. The third kappa shape index (κ3) is 6.05. The van der Waals surface area contributed by atoms with Crippen molar-refractivity contribution in [1.29, 1.82) is 0 Å². The molecule has 0 unspecified atom stereocenters. The second-order valence-electron chi connectivity index (χ2n) is 9.76. The number of aromatic nitrogens is 2. The van der Waals surface area contributed by atoms with Gasteiger partial charge in [-0.05, 0) is 31.2 Å². The van der Waals surface area contributed by atoms with Crippen molar-refractivity contribution in [3.8, 4) is 11.3 Å². The molecule has 1 aliphatic heterocycles. The zero-order chi connectivity index (χ0) is 24.9. The van der Waals surface area contributed by atoms with Gasteiger partial charge < -0.3 is 19.5 Å². The molecule has 2 aliphatic rings. The Bertz CT molecular complexity index is 1180. The lowest BCUT2D eigenvalue weighted by Gasteiger charge is -2.36. The molecule has 0 bridgehead atoms. The van der Waals surface area contributed by atoms with Crippen LogP contribution in [0.4, 0.5) is 0 Å². The van der Waals surface area contributed by atoms with E-state index in [0.717, 1.165) is 56.5 Å². The number of amides is 1. The summed E-state index contributed by atoms with van der Waals surface area (Å²) in [4.78, 5) is 32.6. The van der Waals surface area contributed by atoms with Crippen molar-refractivity contribution in [3.63, 3.8) is 0 Å². The lowest BCUT2D eigenvalue weighted by atomic mass is 9.91. The van der Waals surface area contributed by atoms with Gasteiger partial charge in [-0.2, -0.15) is 0 Å². The summed E-state index contributed by atoms with van der Waals surface area (Å²) in [6.45, 7) is 3.61. The van der Waals surface area contributed by atoms with E-state index < -0.39 is 0 Å². The number of nitrogens with one attached hydrogen (secondary N) is 1. The van der Waals surface area contributed by atoms with Gasteiger partial charge >= 0.3 is 5.97 Å². The van der Waals surface area contributed by atoms with Gasteiger partial charge in [-0.3, -0.25) is 9.59 Å². The number of imidazole rings is 1. The fourth-order valence-electron chi connectivity index (χ4n) is 5.63. The smallest absolute Gasteiger partial charge is 0.302 e. The first kappa shape index (κ1) is 26.9. The number of ether oxygens (including phenoxy) is 1.